The lowest BCUT2D eigenvalue weighted by atomic mass is 9.96. The van der Waals surface area contributed by atoms with E-state index >= 15 is 0 Å². The first-order chi connectivity index (χ1) is 20.5. The van der Waals surface area contributed by atoms with Crippen LogP contribution in [0.1, 0.15) is 33.2 Å². The second kappa shape index (κ2) is 12.0. The molecule has 210 valence electrons. The van der Waals surface area contributed by atoms with Crippen LogP contribution in [-0.2, 0) is 16.1 Å². The van der Waals surface area contributed by atoms with E-state index in [1.165, 1.54) is 0 Å². The number of rotatable bonds is 7. The molecule has 1 atom stereocenters. The SMILES string of the molecule is Cc1ccccc1[C@H]1SCC(=O)N(CC(=O)NCc2ccccn2)c2c1c(-c1ccccc1)nn2-c1ccccc1C. The maximum Gasteiger partial charge on any atom is 0.240 e. The topological polar surface area (TPSA) is 80.1 Å². The molecular formula is C34H31N5O2S. The predicted octanol–water partition coefficient (Wildman–Crippen LogP) is 6.04. The second-order valence-electron chi connectivity index (χ2n) is 10.3. The summed E-state index contributed by atoms with van der Waals surface area (Å²) >= 11 is 1.58. The summed E-state index contributed by atoms with van der Waals surface area (Å²) in [6.07, 6.45) is 1.70. The molecule has 6 rings (SSSR count). The number of nitrogens with zero attached hydrogens (tertiary/aromatic N) is 4. The fourth-order valence-electron chi connectivity index (χ4n) is 5.32. The van der Waals surface area contributed by atoms with Gasteiger partial charge >= 0.3 is 0 Å². The minimum Gasteiger partial charge on any atom is -0.349 e. The van der Waals surface area contributed by atoms with Gasteiger partial charge in [0.25, 0.3) is 0 Å². The highest BCUT2D eigenvalue weighted by atomic mass is 32.2. The van der Waals surface area contributed by atoms with Gasteiger partial charge in [-0.25, -0.2) is 4.68 Å². The van der Waals surface area contributed by atoms with Gasteiger partial charge in [-0.2, -0.15) is 5.10 Å². The third-order valence-electron chi connectivity index (χ3n) is 7.45. The Morgan fingerprint density at radius 2 is 1.62 bits per heavy atom. The standard InChI is InChI=1S/C34H31N5O2S/c1-23-12-6-8-17-27(23)33-31-32(25-14-4-3-5-15-25)37-39(28-18-9-7-13-24(28)2)34(31)38(30(41)22-42-33)21-29(40)36-20-26-16-10-11-19-35-26/h3-19,33H,20-22H2,1-2H3,(H,36,40)/t33-/m1/s1. The number of pyridine rings is 1. The van der Waals surface area contributed by atoms with Gasteiger partial charge in [-0.3, -0.25) is 19.5 Å². The zero-order valence-electron chi connectivity index (χ0n) is 23.5. The van der Waals surface area contributed by atoms with Crippen molar-refractivity contribution in [2.45, 2.75) is 25.6 Å². The molecule has 8 heteroatoms. The van der Waals surface area contributed by atoms with Crippen molar-refractivity contribution in [1.82, 2.24) is 20.1 Å². The van der Waals surface area contributed by atoms with Gasteiger partial charge in [-0.1, -0.05) is 78.9 Å². The molecule has 7 nitrogen and oxygen atoms in total. The maximum absolute atomic E-state index is 13.9. The molecule has 5 aromatic rings. The minimum absolute atomic E-state index is 0.133. The van der Waals surface area contributed by atoms with Gasteiger partial charge in [-0.15, -0.1) is 11.8 Å². The van der Waals surface area contributed by atoms with E-state index in [1.807, 2.05) is 96.5 Å². The molecule has 0 saturated carbocycles. The summed E-state index contributed by atoms with van der Waals surface area (Å²) in [6, 6.07) is 31.9. The summed E-state index contributed by atoms with van der Waals surface area (Å²) < 4.78 is 1.86. The van der Waals surface area contributed by atoms with Crippen LogP contribution in [0.5, 0.6) is 0 Å². The number of thioether (sulfide) groups is 1. The number of para-hydroxylation sites is 1. The average molecular weight is 574 g/mol. The zero-order valence-corrected chi connectivity index (χ0v) is 24.3. The normalized spacial score (nSPS) is 14.8. The minimum atomic E-state index is -0.266. The van der Waals surface area contributed by atoms with Gasteiger partial charge in [0.15, 0.2) is 0 Å². The molecule has 3 aromatic carbocycles. The number of fused-ring (bicyclic) bond motifs is 1. The van der Waals surface area contributed by atoms with Crippen LogP contribution >= 0.6 is 11.8 Å². The Morgan fingerprint density at radius 3 is 2.36 bits per heavy atom. The first kappa shape index (κ1) is 27.5. The number of aryl methyl sites for hydroxylation is 2. The molecule has 0 aliphatic carbocycles. The van der Waals surface area contributed by atoms with E-state index in [0.29, 0.717) is 5.82 Å². The molecule has 1 aliphatic rings. The molecule has 0 bridgehead atoms. The Labute approximate surface area is 249 Å². The van der Waals surface area contributed by atoms with Crippen LogP contribution in [0.2, 0.25) is 0 Å². The number of nitrogens with one attached hydrogen (secondary N) is 1. The smallest absolute Gasteiger partial charge is 0.240 e. The van der Waals surface area contributed by atoms with Gasteiger partial charge in [0.05, 0.1) is 34.6 Å². The summed E-state index contributed by atoms with van der Waals surface area (Å²) in [7, 11) is 0. The number of amides is 2. The number of aromatic nitrogens is 3. The fourth-order valence-corrected chi connectivity index (χ4v) is 6.61. The summed E-state index contributed by atoms with van der Waals surface area (Å²) in [4.78, 5) is 33.2. The Kier molecular flexibility index (Phi) is 7.88. The zero-order chi connectivity index (χ0) is 29.1. The molecule has 0 unspecified atom stereocenters. The number of hydrogen-bond donors (Lipinski definition) is 1. The summed E-state index contributed by atoms with van der Waals surface area (Å²) in [5, 5.41) is 7.97. The van der Waals surface area contributed by atoms with E-state index in [-0.39, 0.29) is 35.9 Å². The largest absolute Gasteiger partial charge is 0.349 e. The molecule has 0 radical (unpaired) electrons. The molecule has 0 spiro atoms. The van der Waals surface area contributed by atoms with E-state index in [0.717, 1.165) is 44.9 Å². The lowest BCUT2D eigenvalue weighted by molar-refractivity contribution is -0.123. The third kappa shape index (κ3) is 5.45. The lowest BCUT2D eigenvalue weighted by Crippen LogP contribution is -2.42. The van der Waals surface area contributed by atoms with E-state index in [4.69, 9.17) is 5.10 Å². The first-order valence-electron chi connectivity index (χ1n) is 13.9. The van der Waals surface area contributed by atoms with Gasteiger partial charge in [0.2, 0.25) is 11.8 Å². The predicted molar refractivity (Wildman–Crippen MR) is 168 cm³/mol. The highest BCUT2D eigenvalue weighted by Crippen LogP contribution is 2.49. The molecule has 1 aliphatic heterocycles. The molecule has 0 fully saturated rings. The maximum atomic E-state index is 13.9. The summed E-state index contributed by atoms with van der Waals surface area (Å²) in [5.41, 5.74) is 7.55. The van der Waals surface area contributed by atoms with Crippen molar-refractivity contribution in [2.24, 2.45) is 0 Å². The fraction of sp³-hybridized carbons (Fsp3) is 0.176. The molecular weight excluding hydrogens is 542 g/mol. The number of carbonyl (C=O) groups excluding carboxylic acids is 2. The average Bonchev–Trinajstić information content (AvgIpc) is 3.34. The Morgan fingerprint density at radius 1 is 0.905 bits per heavy atom. The van der Waals surface area contributed by atoms with Crippen LogP contribution in [0.3, 0.4) is 0 Å². The van der Waals surface area contributed by atoms with Crippen molar-refractivity contribution in [3.05, 3.63) is 131 Å². The third-order valence-corrected chi connectivity index (χ3v) is 8.68. The van der Waals surface area contributed by atoms with E-state index in [2.05, 4.69) is 29.4 Å². The number of anilines is 1. The molecule has 3 heterocycles. The van der Waals surface area contributed by atoms with Crippen molar-refractivity contribution in [3.63, 3.8) is 0 Å². The highest BCUT2D eigenvalue weighted by Gasteiger charge is 2.38. The van der Waals surface area contributed by atoms with Crippen molar-refractivity contribution < 1.29 is 9.59 Å². The Balaban J connectivity index is 1.54. The molecule has 2 amide bonds. The number of hydrogen-bond acceptors (Lipinski definition) is 5. The van der Waals surface area contributed by atoms with Crippen LogP contribution in [0, 0.1) is 13.8 Å². The van der Waals surface area contributed by atoms with E-state index < -0.39 is 0 Å². The van der Waals surface area contributed by atoms with Crippen molar-refractivity contribution in [3.8, 4) is 16.9 Å². The van der Waals surface area contributed by atoms with Crippen LogP contribution in [0.25, 0.3) is 16.9 Å². The van der Waals surface area contributed by atoms with Crippen LogP contribution < -0.4 is 10.2 Å². The first-order valence-corrected chi connectivity index (χ1v) is 14.9. The lowest BCUT2D eigenvalue weighted by Gasteiger charge is -2.24. The molecule has 42 heavy (non-hydrogen) atoms. The van der Waals surface area contributed by atoms with Crippen LogP contribution in [0.4, 0.5) is 5.82 Å². The van der Waals surface area contributed by atoms with Gasteiger partial charge < -0.3 is 5.32 Å². The quantitative estimate of drug-likeness (QED) is 0.257. The van der Waals surface area contributed by atoms with Gasteiger partial charge in [0.1, 0.15) is 12.4 Å². The highest BCUT2D eigenvalue weighted by molar-refractivity contribution is 8.00. The molecule has 0 saturated heterocycles. The molecule has 2 aromatic heterocycles. The van der Waals surface area contributed by atoms with Crippen molar-refractivity contribution in [2.75, 3.05) is 17.2 Å². The number of carbonyl (C=O) groups is 2. The van der Waals surface area contributed by atoms with E-state index in [1.54, 1.807) is 22.9 Å². The van der Waals surface area contributed by atoms with Crippen molar-refractivity contribution in [1.29, 1.82) is 0 Å². The van der Waals surface area contributed by atoms with Gasteiger partial charge in [0, 0.05) is 17.3 Å². The Bertz CT molecular complexity index is 1740. The van der Waals surface area contributed by atoms with Crippen LogP contribution in [-0.4, -0.2) is 38.9 Å². The van der Waals surface area contributed by atoms with E-state index in [9.17, 15) is 9.59 Å². The summed E-state index contributed by atoms with van der Waals surface area (Å²) in [6.45, 7) is 4.27. The van der Waals surface area contributed by atoms with Crippen LogP contribution in [0.15, 0.2) is 103 Å². The summed E-state index contributed by atoms with van der Waals surface area (Å²) in [5.74, 6) is 0.445. The monoisotopic (exact) mass is 573 g/mol. The second-order valence-corrected chi connectivity index (χ2v) is 11.4. The molecule has 1 N–H and O–H groups in total. The number of benzene rings is 3. The van der Waals surface area contributed by atoms with Gasteiger partial charge in [-0.05, 0) is 48.7 Å². The van der Waals surface area contributed by atoms with Crippen molar-refractivity contribution >= 4 is 29.4 Å². The Hall–Kier alpha value is -4.69.